The molecule has 0 saturated carbocycles. The van der Waals surface area contributed by atoms with Crippen molar-refractivity contribution in [3.8, 4) is 5.75 Å². The van der Waals surface area contributed by atoms with Crippen molar-refractivity contribution in [3.05, 3.63) is 5.69 Å². The highest BCUT2D eigenvalue weighted by molar-refractivity contribution is 5.59. The highest BCUT2D eigenvalue weighted by Gasteiger charge is 2.26. The van der Waals surface area contributed by atoms with Gasteiger partial charge in [0.15, 0.2) is 11.6 Å². The average Bonchev–Trinajstić information content (AvgIpc) is 2.63. The molecule has 0 bridgehead atoms. The second kappa shape index (κ2) is 12.2. The molecule has 5 nitrogen and oxygen atoms in total. The van der Waals surface area contributed by atoms with E-state index in [-0.39, 0.29) is 0 Å². The molecule has 29 heavy (non-hydrogen) atoms. The molecular weight excluding hydrogens is 360 g/mol. The van der Waals surface area contributed by atoms with Gasteiger partial charge in [-0.25, -0.2) is 4.98 Å². The molecule has 0 radical (unpaired) electrons. The molecule has 1 aromatic rings. The first-order chi connectivity index (χ1) is 14.3. The van der Waals surface area contributed by atoms with Gasteiger partial charge in [0.1, 0.15) is 0 Å². The standard InChI is InChI=1S/C24H42N4O/c1-2-3-4-5-6-7-8-9-10-11-12-13-16-21-22(29)23(27-17-14-18-27)26-24(25-21)28-19-15-20-28/h29H,2-20H2,1H3. The number of rotatable bonds is 15. The van der Waals surface area contributed by atoms with Crippen LogP contribution in [-0.2, 0) is 6.42 Å². The number of aryl methyl sites for hydroxylation is 1. The molecule has 5 heteroatoms. The fourth-order valence-electron chi connectivity index (χ4n) is 4.19. The van der Waals surface area contributed by atoms with Crippen LogP contribution in [-0.4, -0.2) is 41.3 Å². The number of unbranched alkanes of at least 4 members (excludes halogenated alkanes) is 11. The Morgan fingerprint density at radius 3 is 1.69 bits per heavy atom. The second-order valence-electron chi connectivity index (χ2n) is 8.96. The van der Waals surface area contributed by atoms with E-state index in [0.717, 1.165) is 56.5 Å². The smallest absolute Gasteiger partial charge is 0.227 e. The van der Waals surface area contributed by atoms with E-state index in [1.165, 1.54) is 83.5 Å². The minimum Gasteiger partial charge on any atom is -0.503 e. The molecule has 0 aromatic carbocycles. The largest absolute Gasteiger partial charge is 0.503 e. The first-order valence-corrected chi connectivity index (χ1v) is 12.4. The zero-order valence-electron chi connectivity index (χ0n) is 18.7. The van der Waals surface area contributed by atoms with E-state index in [4.69, 9.17) is 4.98 Å². The summed E-state index contributed by atoms with van der Waals surface area (Å²) in [4.78, 5) is 13.8. The van der Waals surface area contributed by atoms with Crippen LogP contribution in [0.3, 0.4) is 0 Å². The minimum atomic E-state index is 0.331. The molecular formula is C24H42N4O. The van der Waals surface area contributed by atoms with E-state index in [0.29, 0.717) is 5.75 Å². The highest BCUT2D eigenvalue weighted by Crippen LogP contribution is 2.34. The number of anilines is 2. The van der Waals surface area contributed by atoms with Crippen LogP contribution in [0.1, 0.15) is 103 Å². The lowest BCUT2D eigenvalue weighted by atomic mass is 10.0. The Morgan fingerprint density at radius 1 is 0.690 bits per heavy atom. The average molecular weight is 403 g/mol. The van der Waals surface area contributed by atoms with E-state index in [2.05, 4.69) is 21.7 Å². The zero-order chi connectivity index (χ0) is 20.3. The third-order valence-electron chi connectivity index (χ3n) is 6.49. The summed E-state index contributed by atoms with van der Waals surface area (Å²) in [6.07, 6.45) is 19.5. The molecule has 0 aliphatic carbocycles. The molecule has 0 unspecified atom stereocenters. The van der Waals surface area contributed by atoms with Crippen molar-refractivity contribution >= 4 is 11.8 Å². The summed E-state index contributed by atoms with van der Waals surface area (Å²) in [5.41, 5.74) is 0.857. The van der Waals surface area contributed by atoms with Gasteiger partial charge in [-0.3, -0.25) is 0 Å². The first kappa shape index (κ1) is 22.2. The molecule has 0 atom stereocenters. The van der Waals surface area contributed by atoms with Gasteiger partial charge in [0.25, 0.3) is 0 Å². The summed E-state index contributed by atoms with van der Waals surface area (Å²) in [5.74, 6) is 1.92. The summed E-state index contributed by atoms with van der Waals surface area (Å²) in [6, 6.07) is 0. The maximum absolute atomic E-state index is 10.7. The van der Waals surface area contributed by atoms with Gasteiger partial charge in [0, 0.05) is 26.2 Å². The molecule has 2 saturated heterocycles. The van der Waals surface area contributed by atoms with Gasteiger partial charge < -0.3 is 14.9 Å². The number of aromatic hydroxyl groups is 1. The maximum atomic E-state index is 10.7. The molecule has 3 rings (SSSR count). The van der Waals surface area contributed by atoms with Crippen LogP contribution in [0.15, 0.2) is 0 Å². The fraction of sp³-hybridized carbons (Fsp3) is 0.833. The summed E-state index contributed by atoms with van der Waals surface area (Å²) in [7, 11) is 0. The second-order valence-corrected chi connectivity index (χ2v) is 8.96. The van der Waals surface area contributed by atoms with Crippen molar-refractivity contribution < 1.29 is 5.11 Å². The molecule has 1 aromatic heterocycles. The summed E-state index contributed by atoms with van der Waals surface area (Å²) in [5, 5.41) is 10.7. The predicted molar refractivity (Wildman–Crippen MR) is 122 cm³/mol. The maximum Gasteiger partial charge on any atom is 0.227 e. The van der Waals surface area contributed by atoms with Crippen molar-refractivity contribution in [1.29, 1.82) is 0 Å². The van der Waals surface area contributed by atoms with E-state index in [1.807, 2.05) is 0 Å². The van der Waals surface area contributed by atoms with Gasteiger partial charge in [0.05, 0.1) is 5.69 Å². The molecule has 0 spiro atoms. The Morgan fingerprint density at radius 2 is 1.21 bits per heavy atom. The van der Waals surface area contributed by atoms with Crippen molar-refractivity contribution in [2.24, 2.45) is 0 Å². The topological polar surface area (TPSA) is 52.5 Å². The quantitative estimate of drug-likeness (QED) is 0.373. The van der Waals surface area contributed by atoms with Crippen molar-refractivity contribution in [1.82, 2.24) is 9.97 Å². The van der Waals surface area contributed by atoms with Crippen molar-refractivity contribution in [3.63, 3.8) is 0 Å². The molecule has 3 heterocycles. The Kier molecular flexibility index (Phi) is 9.36. The third-order valence-corrected chi connectivity index (χ3v) is 6.49. The van der Waals surface area contributed by atoms with Crippen LogP contribution in [0.25, 0.3) is 0 Å². The lowest BCUT2D eigenvalue weighted by Gasteiger charge is -2.35. The fourth-order valence-corrected chi connectivity index (χ4v) is 4.19. The Labute approximate surface area is 177 Å². The summed E-state index contributed by atoms with van der Waals surface area (Å²) >= 11 is 0. The van der Waals surface area contributed by atoms with Crippen LogP contribution in [0, 0.1) is 0 Å². The van der Waals surface area contributed by atoms with E-state index >= 15 is 0 Å². The van der Waals surface area contributed by atoms with Crippen molar-refractivity contribution in [2.75, 3.05) is 36.0 Å². The van der Waals surface area contributed by atoms with E-state index in [1.54, 1.807) is 0 Å². The lowest BCUT2D eigenvalue weighted by Crippen LogP contribution is -2.41. The predicted octanol–water partition coefficient (Wildman–Crippen LogP) is 5.85. The van der Waals surface area contributed by atoms with Gasteiger partial charge in [-0.2, -0.15) is 4.98 Å². The zero-order valence-corrected chi connectivity index (χ0v) is 18.7. The summed E-state index contributed by atoms with van der Waals surface area (Å²) in [6.45, 7) is 6.37. The van der Waals surface area contributed by atoms with Crippen LogP contribution < -0.4 is 9.80 Å². The highest BCUT2D eigenvalue weighted by atomic mass is 16.3. The Balaban J connectivity index is 1.34. The van der Waals surface area contributed by atoms with Crippen molar-refractivity contribution in [2.45, 2.75) is 103 Å². The molecule has 1 N–H and O–H groups in total. The monoisotopic (exact) mass is 402 g/mol. The van der Waals surface area contributed by atoms with Gasteiger partial charge in [0.2, 0.25) is 5.95 Å². The number of hydrogen-bond acceptors (Lipinski definition) is 5. The van der Waals surface area contributed by atoms with Crippen LogP contribution in [0.4, 0.5) is 11.8 Å². The van der Waals surface area contributed by atoms with Crippen LogP contribution >= 0.6 is 0 Å². The van der Waals surface area contributed by atoms with Crippen LogP contribution in [0.2, 0.25) is 0 Å². The molecule has 2 aliphatic heterocycles. The van der Waals surface area contributed by atoms with Gasteiger partial charge >= 0.3 is 0 Å². The molecule has 0 amide bonds. The number of nitrogens with zero attached hydrogens (tertiary/aromatic N) is 4. The van der Waals surface area contributed by atoms with Crippen LogP contribution in [0.5, 0.6) is 5.75 Å². The van der Waals surface area contributed by atoms with Gasteiger partial charge in [-0.05, 0) is 25.7 Å². The Hall–Kier alpha value is -1.52. The van der Waals surface area contributed by atoms with Gasteiger partial charge in [-0.15, -0.1) is 0 Å². The normalized spacial score (nSPS) is 16.0. The number of aromatic nitrogens is 2. The van der Waals surface area contributed by atoms with E-state index in [9.17, 15) is 5.11 Å². The number of hydrogen-bond donors (Lipinski definition) is 1. The molecule has 2 aliphatic rings. The molecule has 164 valence electrons. The lowest BCUT2D eigenvalue weighted by molar-refractivity contribution is 0.449. The summed E-state index contributed by atoms with van der Waals surface area (Å²) < 4.78 is 0. The first-order valence-electron chi connectivity index (χ1n) is 12.4. The third kappa shape index (κ3) is 6.75. The van der Waals surface area contributed by atoms with Gasteiger partial charge in [-0.1, -0.05) is 77.6 Å². The Bertz CT molecular complexity index is 599. The molecule has 2 fully saturated rings. The van der Waals surface area contributed by atoms with E-state index < -0.39 is 0 Å². The minimum absolute atomic E-state index is 0.331. The SMILES string of the molecule is CCCCCCCCCCCCCCc1nc(N2CCC2)nc(N2CCC2)c1O.